The van der Waals surface area contributed by atoms with Gasteiger partial charge in [-0.3, -0.25) is 0 Å². The first-order valence-corrected chi connectivity index (χ1v) is 16.7. The zero-order chi connectivity index (χ0) is 32.6. The van der Waals surface area contributed by atoms with Crippen LogP contribution in [0.1, 0.15) is 49.9 Å². The predicted molar refractivity (Wildman–Crippen MR) is 197 cm³/mol. The van der Waals surface area contributed by atoms with Gasteiger partial charge < -0.3 is 0 Å². The van der Waals surface area contributed by atoms with Crippen LogP contribution in [0.15, 0.2) is 140 Å². The second kappa shape index (κ2) is 10.4. The predicted octanol–water partition coefficient (Wildman–Crippen LogP) is 11.2. The van der Waals surface area contributed by atoms with Gasteiger partial charge >= 0.3 is 0 Å². The molecule has 0 saturated carbocycles. The van der Waals surface area contributed by atoms with Gasteiger partial charge in [0.25, 0.3) is 0 Å². The Kier molecular flexibility index (Phi) is 6.20. The zero-order valence-corrected chi connectivity index (χ0v) is 27.6. The molecule has 0 atom stereocenters. The fourth-order valence-corrected chi connectivity index (χ4v) is 7.90. The molecule has 2 aliphatic rings. The minimum Gasteiger partial charge on any atom is -0.208 e. The molecule has 0 radical (unpaired) electrons. The summed E-state index contributed by atoms with van der Waals surface area (Å²) in [6.07, 6.45) is 0. The monoisotopic (exact) mass is 617 g/mol. The van der Waals surface area contributed by atoms with Crippen molar-refractivity contribution in [2.24, 2.45) is 0 Å². The van der Waals surface area contributed by atoms with Crippen LogP contribution in [-0.2, 0) is 10.8 Å². The first-order chi connectivity index (χ1) is 23.3. The van der Waals surface area contributed by atoms with Crippen LogP contribution >= 0.6 is 0 Å². The summed E-state index contributed by atoms with van der Waals surface area (Å²) in [7, 11) is 0. The van der Waals surface area contributed by atoms with E-state index >= 15 is 0 Å². The lowest BCUT2D eigenvalue weighted by Crippen LogP contribution is -2.16. The van der Waals surface area contributed by atoms with Crippen molar-refractivity contribution in [2.75, 3.05) is 0 Å². The van der Waals surface area contributed by atoms with E-state index in [1.807, 2.05) is 60.7 Å². The Labute approximate surface area is 282 Å². The number of rotatable bonds is 4. The van der Waals surface area contributed by atoms with Crippen molar-refractivity contribution in [1.29, 1.82) is 0 Å². The molecule has 6 aromatic carbocycles. The first-order valence-electron chi connectivity index (χ1n) is 16.7. The van der Waals surface area contributed by atoms with Crippen LogP contribution in [0.3, 0.4) is 0 Å². The molecule has 0 unspecified atom stereocenters. The summed E-state index contributed by atoms with van der Waals surface area (Å²) < 4.78 is 0. The fraction of sp³-hybridized carbons (Fsp3) is 0.133. The van der Waals surface area contributed by atoms with Crippen molar-refractivity contribution >= 4 is 0 Å². The molecule has 230 valence electrons. The molecule has 0 bridgehead atoms. The van der Waals surface area contributed by atoms with Gasteiger partial charge in [0.1, 0.15) is 0 Å². The average Bonchev–Trinajstić information content (AvgIpc) is 3.50. The molecule has 0 aliphatic heterocycles. The van der Waals surface area contributed by atoms with E-state index in [-0.39, 0.29) is 10.8 Å². The van der Waals surface area contributed by atoms with Gasteiger partial charge in [0.05, 0.1) is 0 Å². The minimum atomic E-state index is -0.0890. The number of hydrogen-bond acceptors (Lipinski definition) is 3. The summed E-state index contributed by atoms with van der Waals surface area (Å²) in [5.74, 6) is 1.99. The molecular formula is C45H35N3. The van der Waals surface area contributed by atoms with E-state index in [0.29, 0.717) is 17.5 Å². The van der Waals surface area contributed by atoms with E-state index in [4.69, 9.17) is 15.0 Å². The molecule has 1 aromatic heterocycles. The normalized spacial score (nSPS) is 14.6. The van der Waals surface area contributed by atoms with E-state index in [2.05, 4.69) is 107 Å². The van der Waals surface area contributed by atoms with Crippen molar-refractivity contribution in [1.82, 2.24) is 15.0 Å². The molecule has 9 rings (SSSR count). The molecule has 1 heterocycles. The van der Waals surface area contributed by atoms with E-state index in [1.54, 1.807) is 0 Å². The standard InChI is InChI=1S/C45H35N3/c1-44(2)37-21-12-11-20-33(37)35-26-40-36(27-39(35)44)34-25-31(22-23-38(34)45(40,3)4)30-18-13-19-32(24-30)43-47-41(28-14-7-5-8-15-28)46-42(48-43)29-16-9-6-10-17-29/h5-27H,1-4H3. The van der Waals surface area contributed by atoms with Crippen LogP contribution in [0.5, 0.6) is 0 Å². The van der Waals surface area contributed by atoms with Gasteiger partial charge in [-0.05, 0) is 79.9 Å². The number of aromatic nitrogens is 3. The molecule has 2 aliphatic carbocycles. The maximum atomic E-state index is 4.98. The van der Waals surface area contributed by atoms with E-state index in [9.17, 15) is 0 Å². The van der Waals surface area contributed by atoms with Crippen LogP contribution < -0.4 is 0 Å². The average molecular weight is 618 g/mol. The minimum absolute atomic E-state index is 0.0401. The van der Waals surface area contributed by atoms with Gasteiger partial charge in [-0.2, -0.15) is 0 Å². The maximum Gasteiger partial charge on any atom is 0.164 e. The van der Waals surface area contributed by atoms with Crippen molar-refractivity contribution in [3.63, 3.8) is 0 Å². The van der Waals surface area contributed by atoms with Crippen molar-refractivity contribution in [3.8, 4) is 67.5 Å². The molecule has 0 amide bonds. The van der Waals surface area contributed by atoms with Gasteiger partial charge in [-0.25, -0.2) is 15.0 Å². The van der Waals surface area contributed by atoms with E-state index < -0.39 is 0 Å². The second-order valence-corrected chi connectivity index (χ2v) is 14.1. The maximum absolute atomic E-state index is 4.98. The van der Waals surface area contributed by atoms with Crippen LogP contribution in [0.25, 0.3) is 67.5 Å². The topological polar surface area (TPSA) is 38.7 Å². The van der Waals surface area contributed by atoms with Gasteiger partial charge in [-0.1, -0.05) is 143 Å². The highest BCUT2D eigenvalue weighted by atomic mass is 15.0. The molecule has 0 N–H and O–H groups in total. The fourth-order valence-electron chi connectivity index (χ4n) is 7.90. The quantitative estimate of drug-likeness (QED) is 0.197. The second-order valence-electron chi connectivity index (χ2n) is 14.1. The molecule has 48 heavy (non-hydrogen) atoms. The third-order valence-corrected chi connectivity index (χ3v) is 10.5. The smallest absolute Gasteiger partial charge is 0.164 e. The summed E-state index contributed by atoms with van der Waals surface area (Å²) in [5.41, 5.74) is 16.1. The van der Waals surface area contributed by atoms with Gasteiger partial charge in [0.2, 0.25) is 0 Å². The molecule has 0 spiro atoms. The number of fused-ring (bicyclic) bond motifs is 6. The number of benzene rings is 6. The zero-order valence-electron chi connectivity index (χ0n) is 27.6. The third kappa shape index (κ3) is 4.31. The Balaban J connectivity index is 1.16. The summed E-state index contributed by atoms with van der Waals surface area (Å²) in [6, 6.07) is 49.8. The summed E-state index contributed by atoms with van der Waals surface area (Å²) in [4.78, 5) is 14.8. The largest absolute Gasteiger partial charge is 0.208 e. The molecule has 3 nitrogen and oxygen atoms in total. The lowest BCUT2D eigenvalue weighted by atomic mass is 9.79. The van der Waals surface area contributed by atoms with Crippen LogP contribution in [0.4, 0.5) is 0 Å². The van der Waals surface area contributed by atoms with E-state index in [0.717, 1.165) is 22.3 Å². The Morgan fingerprint density at radius 1 is 0.312 bits per heavy atom. The molecule has 0 saturated heterocycles. The number of nitrogens with zero attached hydrogens (tertiary/aromatic N) is 3. The summed E-state index contributed by atoms with van der Waals surface area (Å²) in [6.45, 7) is 9.46. The van der Waals surface area contributed by atoms with Crippen LogP contribution in [0, 0.1) is 0 Å². The first kappa shape index (κ1) is 28.5. The van der Waals surface area contributed by atoms with Gasteiger partial charge in [0.15, 0.2) is 17.5 Å². The lowest BCUT2D eigenvalue weighted by Gasteiger charge is -2.24. The van der Waals surface area contributed by atoms with Crippen molar-refractivity contribution in [2.45, 2.75) is 38.5 Å². The van der Waals surface area contributed by atoms with E-state index in [1.165, 1.54) is 50.1 Å². The number of hydrogen-bond donors (Lipinski definition) is 0. The summed E-state index contributed by atoms with van der Waals surface area (Å²) in [5, 5.41) is 0. The van der Waals surface area contributed by atoms with Gasteiger partial charge in [0, 0.05) is 27.5 Å². The van der Waals surface area contributed by atoms with Crippen LogP contribution in [-0.4, -0.2) is 15.0 Å². The third-order valence-electron chi connectivity index (χ3n) is 10.5. The Morgan fingerprint density at radius 3 is 1.38 bits per heavy atom. The molecular weight excluding hydrogens is 583 g/mol. The molecule has 7 aromatic rings. The lowest BCUT2D eigenvalue weighted by molar-refractivity contribution is 0.652. The van der Waals surface area contributed by atoms with Crippen LogP contribution in [0.2, 0.25) is 0 Å². The summed E-state index contributed by atoms with van der Waals surface area (Å²) >= 11 is 0. The highest BCUT2D eigenvalue weighted by molar-refractivity contribution is 5.91. The molecule has 0 fully saturated rings. The Morgan fingerprint density at radius 2 is 0.750 bits per heavy atom. The SMILES string of the molecule is CC1(C)c2ccccc2-c2cc3c(cc21)-c1cc(-c2cccc(-c4nc(-c5ccccc5)nc(-c5ccccc5)n4)c2)ccc1C3(C)C. The van der Waals surface area contributed by atoms with Gasteiger partial charge in [-0.15, -0.1) is 0 Å². The highest BCUT2D eigenvalue weighted by Gasteiger charge is 2.41. The highest BCUT2D eigenvalue weighted by Crippen LogP contribution is 2.56. The van der Waals surface area contributed by atoms with Crippen molar-refractivity contribution in [3.05, 3.63) is 162 Å². The Bertz CT molecular complexity index is 2330. The van der Waals surface area contributed by atoms with Crippen molar-refractivity contribution < 1.29 is 0 Å². The Hall–Kier alpha value is -5.67. The molecule has 3 heteroatoms.